The van der Waals surface area contributed by atoms with Crippen molar-refractivity contribution in [3.05, 3.63) is 28.8 Å². The molecule has 0 aromatic heterocycles. The third kappa shape index (κ3) is 4.11. The average Bonchev–Trinajstić information content (AvgIpc) is 2.36. The highest BCUT2D eigenvalue weighted by Crippen LogP contribution is 2.38. The van der Waals surface area contributed by atoms with Gasteiger partial charge in [0.1, 0.15) is 0 Å². The normalized spacial score (nSPS) is 13.1. The van der Waals surface area contributed by atoms with E-state index in [1.54, 1.807) is 0 Å². The van der Waals surface area contributed by atoms with Gasteiger partial charge < -0.3 is 11.1 Å². The SMILES string of the molecule is CCCC(CN)C(=O)Nc1c(Cl)cccc1C(F)(F)F. The van der Waals surface area contributed by atoms with Crippen molar-refractivity contribution in [2.75, 3.05) is 11.9 Å². The summed E-state index contributed by atoms with van der Waals surface area (Å²) >= 11 is 5.76. The predicted molar refractivity (Wildman–Crippen MR) is 72.5 cm³/mol. The first-order chi connectivity index (χ1) is 9.31. The van der Waals surface area contributed by atoms with Gasteiger partial charge in [-0.05, 0) is 18.6 Å². The molecule has 1 rings (SSSR count). The molecule has 3 nitrogen and oxygen atoms in total. The van der Waals surface area contributed by atoms with Crippen LogP contribution in [0.25, 0.3) is 0 Å². The van der Waals surface area contributed by atoms with Gasteiger partial charge in [-0.2, -0.15) is 13.2 Å². The number of hydrogen-bond acceptors (Lipinski definition) is 2. The first-order valence-corrected chi connectivity index (χ1v) is 6.55. The van der Waals surface area contributed by atoms with Gasteiger partial charge in [0.15, 0.2) is 0 Å². The summed E-state index contributed by atoms with van der Waals surface area (Å²) in [5.41, 5.74) is 4.08. The van der Waals surface area contributed by atoms with Crippen LogP contribution in [0.3, 0.4) is 0 Å². The Morgan fingerprint density at radius 3 is 2.60 bits per heavy atom. The maximum Gasteiger partial charge on any atom is 0.418 e. The smallest absolute Gasteiger partial charge is 0.330 e. The first-order valence-electron chi connectivity index (χ1n) is 6.17. The number of nitrogens with one attached hydrogen (secondary N) is 1. The quantitative estimate of drug-likeness (QED) is 0.872. The fourth-order valence-electron chi connectivity index (χ4n) is 1.82. The zero-order valence-electron chi connectivity index (χ0n) is 10.9. The van der Waals surface area contributed by atoms with Crippen LogP contribution in [0.1, 0.15) is 25.3 Å². The third-order valence-corrected chi connectivity index (χ3v) is 3.17. The minimum absolute atomic E-state index is 0.0749. The van der Waals surface area contributed by atoms with Crippen LogP contribution >= 0.6 is 11.6 Å². The Balaban J connectivity index is 3.05. The zero-order chi connectivity index (χ0) is 15.3. The van der Waals surface area contributed by atoms with Gasteiger partial charge in [-0.3, -0.25) is 4.79 Å². The number of para-hydroxylation sites is 1. The maximum absolute atomic E-state index is 12.9. The molecule has 1 aromatic rings. The molecule has 1 atom stereocenters. The molecule has 1 unspecified atom stereocenters. The highest BCUT2D eigenvalue weighted by Gasteiger charge is 2.35. The summed E-state index contributed by atoms with van der Waals surface area (Å²) in [5, 5.41) is 2.10. The zero-order valence-corrected chi connectivity index (χ0v) is 11.7. The Morgan fingerprint density at radius 2 is 2.10 bits per heavy atom. The lowest BCUT2D eigenvalue weighted by molar-refractivity contribution is -0.137. The summed E-state index contributed by atoms with van der Waals surface area (Å²) in [6.07, 6.45) is -3.37. The fourth-order valence-corrected chi connectivity index (χ4v) is 2.04. The van der Waals surface area contributed by atoms with E-state index < -0.39 is 29.3 Å². The number of amides is 1. The molecule has 0 fully saturated rings. The summed E-state index contributed by atoms with van der Waals surface area (Å²) in [6.45, 7) is 1.94. The van der Waals surface area contributed by atoms with Crippen molar-refractivity contribution in [3.8, 4) is 0 Å². The Morgan fingerprint density at radius 1 is 1.45 bits per heavy atom. The molecule has 112 valence electrons. The van der Waals surface area contributed by atoms with Crippen molar-refractivity contribution < 1.29 is 18.0 Å². The van der Waals surface area contributed by atoms with E-state index in [2.05, 4.69) is 5.32 Å². The number of nitrogens with two attached hydrogens (primary N) is 1. The molecule has 0 aliphatic carbocycles. The number of hydrogen-bond donors (Lipinski definition) is 2. The van der Waals surface area contributed by atoms with Crippen LogP contribution in [0, 0.1) is 5.92 Å². The molecule has 0 heterocycles. The second kappa shape index (κ2) is 6.95. The van der Waals surface area contributed by atoms with Crippen LogP contribution in [0.5, 0.6) is 0 Å². The van der Waals surface area contributed by atoms with Crippen LogP contribution in [-0.4, -0.2) is 12.5 Å². The number of anilines is 1. The molecule has 3 N–H and O–H groups in total. The van der Waals surface area contributed by atoms with E-state index in [1.807, 2.05) is 6.92 Å². The van der Waals surface area contributed by atoms with Gasteiger partial charge >= 0.3 is 6.18 Å². The molecular formula is C13H16ClF3N2O. The number of carbonyl (C=O) groups excluding carboxylic acids is 1. The fraction of sp³-hybridized carbons (Fsp3) is 0.462. The van der Waals surface area contributed by atoms with Crippen molar-refractivity contribution in [1.29, 1.82) is 0 Å². The molecule has 0 radical (unpaired) electrons. The highest BCUT2D eigenvalue weighted by molar-refractivity contribution is 6.34. The summed E-state index contributed by atoms with van der Waals surface area (Å²) in [6, 6.07) is 3.36. The molecule has 0 spiro atoms. The summed E-state index contributed by atoms with van der Waals surface area (Å²) < 4.78 is 38.6. The summed E-state index contributed by atoms with van der Waals surface area (Å²) in [5.74, 6) is -1.08. The molecule has 20 heavy (non-hydrogen) atoms. The largest absolute Gasteiger partial charge is 0.418 e. The number of rotatable bonds is 5. The lowest BCUT2D eigenvalue weighted by atomic mass is 10.0. The summed E-state index contributed by atoms with van der Waals surface area (Å²) in [7, 11) is 0. The molecule has 0 aliphatic heterocycles. The Kier molecular flexibility index (Phi) is 5.83. The minimum Gasteiger partial charge on any atom is -0.330 e. The van der Waals surface area contributed by atoms with Crippen molar-refractivity contribution >= 4 is 23.2 Å². The maximum atomic E-state index is 12.9. The van der Waals surface area contributed by atoms with Gasteiger partial charge in [0.25, 0.3) is 0 Å². The molecule has 1 amide bonds. The molecule has 0 saturated carbocycles. The topological polar surface area (TPSA) is 55.1 Å². The van der Waals surface area contributed by atoms with Crippen LogP contribution < -0.4 is 11.1 Å². The number of halogens is 4. The second-order valence-electron chi connectivity index (χ2n) is 4.37. The molecule has 0 aliphatic rings. The van der Waals surface area contributed by atoms with E-state index in [1.165, 1.54) is 12.1 Å². The van der Waals surface area contributed by atoms with Gasteiger partial charge in [0, 0.05) is 6.54 Å². The molecule has 1 aromatic carbocycles. The number of benzene rings is 1. The second-order valence-corrected chi connectivity index (χ2v) is 4.78. The van der Waals surface area contributed by atoms with Crippen LogP contribution in [-0.2, 0) is 11.0 Å². The van der Waals surface area contributed by atoms with Crippen LogP contribution in [0.4, 0.5) is 18.9 Å². The molecule has 0 saturated heterocycles. The molecule has 7 heteroatoms. The van der Waals surface area contributed by atoms with Gasteiger partial charge in [0.2, 0.25) is 5.91 Å². The number of alkyl halides is 3. The van der Waals surface area contributed by atoms with Crippen molar-refractivity contribution in [3.63, 3.8) is 0 Å². The predicted octanol–water partition coefficient (Wildman–Crippen LogP) is 3.67. The van der Waals surface area contributed by atoms with E-state index in [4.69, 9.17) is 17.3 Å². The van der Waals surface area contributed by atoms with E-state index in [-0.39, 0.29) is 11.6 Å². The van der Waals surface area contributed by atoms with Gasteiger partial charge in [-0.1, -0.05) is 31.0 Å². The standard InChI is InChI=1S/C13H16ClF3N2O/c1-2-4-8(7-18)12(20)19-11-9(13(15,16)17)5-3-6-10(11)14/h3,5-6,8H,2,4,7,18H2,1H3,(H,19,20). The summed E-state index contributed by atoms with van der Waals surface area (Å²) in [4.78, 5) is 11.9. The van der Waals surface area contributed by atoms with E-state index in [9.17, 15) is 18.0 Å². The monoisotopic (exact) mass is 308 g/mol. The van der Waals surface area contributed by atoms with Crippen molar-refractivity contribution in [2.24, 2.45) is 11.7 Å². The van der Waals surface area contributed by atoms with Gasteiger partial charge in [-0.25, -0.2) is 0 Å². The average molecular weight is 309 g/mol. The Labute approximate surface area is 120 Å². The van der Waals surface area contributed by atoms with Crippen molar-refractivity contribution in [2.45, 2.75) is 25.9 Å². The lowest BCUT2D eigenvalue weighted by Crippen LogP contribution is -2.30. The molecule has 0 bridgehead atoms. The number of carbonyl (C=O) groups is 1. The third-order valence-electron chi connectivity index (χ3n) is 2.86. The highest BCUT2D eigenvalue weighted by atomic mass is 35.5. The van der Waals surface area contributed by atoms with Crippen LogP contribution in [0.2, 0.25) is 5.02 Å². The Hall–Kier alpha value is -1.27. The van der Waals surface area contributed by atoms with E-state index in [0.717, 1.165) is 6.07 Å². The first kappa shape index (κ1) is 16.8. The van der Waals surface area contributed by atoms with Crippen LogP contribution in [0.15, 0.2) is 18.2 Å². The minimum atomic E-state index is -4.59. The van der Waals surface area contributed by atoms with Crippen molar-refractivity contribution in [1.82, 2.24) is 0 Å². The van der Waals surface area contributed by atoms with Gasteiger partial charge in [0.05, 0.1) is 22.2 Å². The molecular weight excluding hydrogens is 293 g/mol. The Bertz CT molecular complexity index is 477. The van der Waals surface area contributed by atoms with E-state index >= 15 is 0 Å². The lowest BCUT2D eigenvalue weighted by Gasteiger charge is -2.18. The van der Waals surface area contributed by atoms with Gasteiger partial charge in [-0.15, -0.1) is 0 Å². The van der Waals surface area contributed by atoms with E-state index in [0.29, 0.717) is 12.8 Å².